The molecule has 84 valence electrons. The summed E-state index contributed by atoms with van der Waals surface area (Å²) >= 11 is 0. The molecule has 0 bridgehead atoms. The van der Waals surface area contributed by atoms with E-state index in [1.54, 1.807) is 18.9 Å². The predicted molar refractivity (Wildman–Crippen MR) is 55.0 cm³/mol. The van der Waals surface area contributed by atoms with Crippen LogP contribution in [0.25, 0.3) is 0 Å². The fraction of sp³-hybridized carbons (Fsp3) is 0.900. The quantitative estimate of drug-likeness (QED) is 0.660. The van der Waals surface area contributed by atoms with E-state index in [-0.39, 0.29) is 5.91 Å². The van der Waals surface area contributed by atoms with Gasteiger partial charge in [-0.05, 0) is 20.3 Å². The molecule has 1 atom stereocenters. The maximum absolute atomic E-state index is 11.5. The molecule has 1 amide bonds. The van der Waals surface area contributed by atoms with Crippen molar-refractivity contribution in [1.29, 1.82) is 0 Å². The first-order chi connectivity index (χ1) is 6.61. The number of rotatable bonds is 7. The summed E-state index contributed by atoms with van der Waals surface area (Å²) in [6.07, 6.45) is 0.539. The zero-order valence-corrected chi connectivity index (χ0v) is 9.32. The van der Waals surface area contributed by atoms with Gasteiger partial charge in [0.15, 0.2) is 0 Å². The molecule has 0 aromatic heterocycles. The van der Waals surface area contributed by atoms with E-state index < -0.39 is 6.10 Å². The highest BCUT2D eigenvalue weighted by molar-refractivity contribution is 5.76. The SMILES string of the molecule is CCN(CCOC)C(=O)CCC(C)O. The number of ether oxygens (including phenoxy) is 1. The fourth-order valence-electron chi connectivity index (χ4n) is 1.15. The first-order valence-corrected chi connectivity index (χ1v) is 5.06. The normalized spacial score (nSPS) is 12.6. The third-order valence-corrected chi connectivity index (χ3v) is 2.08. The van der Waals surface area contributed by atoms with Crippen LogP contribution < -0.4 is 0 Å². The van der Waals surface area contributed by atoms with Crippen molar-refractivity contribution in [3.8, 4) is 0 Å². The maximum atomic E-state index is 11.5. The summed E-state index contributed by atoms with van der Waals surface area (Å²) in [6, 6.07) is 0. The van der Waals surface area contributed by atoms with Crippen LogP contribution in [0.3, 0.4) is 0 Å². The van der Waals surface area contributed by atoms with Crippen molar-refractivity contribution in [3.05, 3.63) is 0 Å². The van der Waals surface area contributed by atoms with Crippen LogP contribution in [0.1, 0.15) is 26.7 Å². The number of hydrogen-bond acceptors (Lipinski definition) is 3. The summed E-state index contributed by atoms with van der Waals surface area (Å²) in [7, 11) is 1.62. The summed E-state index contributed by atoms with van der Waals surface area (Å²) in [5.74, 6) is 0.0884. The van der Waals surface area contributed by atoms with E-state index >= 15 is 0 Å². The molecule has 0 aromatic rings. The minimum Gasteiger partial charge on any atom is -0.393 e. The number of carbonyl (C=O) groups excluding carboxylic acids is 1. The van der Waals surface area contributed by atoms with E-state index in [4.69, 9.17) is 9.84 Å². The second-order valence-electron chi connectivity index (χ2n) is 3.35. The lowest BCUT2D eigenvalue weighted by Crippen LogP contribution is -2.33. The van der Waals surface area contributed by atoms with Crippen LogP contribution in [-0.2, 0) is 9.53 Å². The van der Waals surface area contributed by atoms with Gasteiger partial charge in [-0.25, -0.2) is 0 Å². The molecular weight excluding hydrogens is 182 g/mol. The van der Waals surface area contributed by atoms with Crippen LogP contribution in [0.2, 0.25) is 0 Å². The van der Waals surface area contributed by atoms with Crippen molar-refractivity contribution in [2.24, 2.45) is 0 Å². The average Bonchev–Trinajstić information content (AvgIpc) is 2.16. The summed E-state index contributed by atoms with van der Waals surface area (Å²) in [5, 5.41) is 9.04. The predicted octanol–water partition coefficient (Wildman–Crippen LogP) is 0.642. The van der Waals surface area contributed by atoms with Crippen molar-refractivity contribution < 1.29 is 14.6 Å². The molecule has 0 rings (SSSR count). The Bertz CT molecular complexity index is 159. The summed E-state index contributed by atoms with van der Waals surface area (Å²) < 4.78 is 4.91. The van der Waals surface area contributed by atoms with E-state index in [1.165, 1.54) is 0 Å². The van der Waals surface area contributed by atoms with Gasteiger partial charge >= 0.3 is 0 Å². The van der Waals surface area contributed by atoms with Crippen molar-refractivity contribution in [2.45, 2.75) is 32.8 Å². The van der Waals surface area contributed by atoms with E-state index in [0.29, 0.717) is 32.5 Å². The molecular formula is C10H21NO3. The number of methoxy groups -OCH3 is 1. The lowest BCUT2D eigenvalue weighted by Gasteiger charge is -2.20. The Balaban J connectivity index is 3.79. The minimum absolute atomic E-state index is 0.0884. The second kappa shape index (κ2) is 7.76. The first kappa shape index (κ1) is 13.4. The highest BCUT2D eigenvalue weighted by Gasteiger charge is 2.11. The highest BCUT2D eigenvalue weighted by Crippen LogP contribution is 2.01. The lowest BCUT2D eigenvalue weighted by atomic mass is 10.2. The molecule has 0 radical (unpaired) electrons. The maximum Gasteiger partial charge on any atom is 0.222 e. The zero-order valence-electron chi connectivity index (χ0n) is 9.32. The first-order valence-electron chi connectivity index (χ1n) is 5.06. The van der Waals surface area contributed by atoms with Gasteiger partial charge in [0.05, 0.1) is 12.7 Å². The monoisotopic (exact) mass is 203 g/mol. The van der Waals surface area contributed by atoms with Gasteiger partial charge in [0.2, 0.25) is 5.91 Å². The van der Waals surface area contributed by atoms with Crippen molar-refractivity contribution >= 4 is 5.91 Å². The number of hydrogen-bond donors (Lipinski definition) is 1. The third-order valence-electron chi connectivity index (χ3n) is 2.08. The third kappa shape index (κ3) is 5.94. The van der Waals surface area contributed by atoms with Crippen molar-refractivity contribution in [3.63, 3.8) is 0 Å². The number of carbonyl (C=O) groups is 1. The number of aliphatic hydroxyl groups is 1. The molecule has 4 nitrogen and oxygen atoms in total. The van der Waals surface area contributed by atoms with Gasteiger partial charge in [-0.15, -0.1) is 0 Å². The molecule has 1 N–H and O–H groups in total. The van der Waals surface area contributed by atoms with E-state index in [0.717, 1.165) is 0 Å². The highest BCUT2D eigenvalue weighted by atomic mass is 16.5. The zero-order chi connectivity index (χ0) is 11.0. The molecule has 1 unspecified atom stereocenters. The molecule has 4 heteroatoms. The van der Waals surface area contributed by atoms with Gasteiger partial charge in [-0.2, -0.15) is 0 Å². The molecule has 14 heavy (non-hydrogen) atoms. The summed E-state index contributed by atoms with van der Waals surface area (Å²) in [4.78, 5) is 13.3. The number of nitrogens with zero attached hydrogens (tertiary/aromatic N) is 1. The molecule has 0 spiro atoms. The Morgan fingerprint density at radius 1 is 1.57 bits per heavy atom. The topological polar surface area (TPSA) is 49.8 Å². The average molecular weight is 203 g/mol. The van der Waals surface area contributed by atoms with E-state index in [9.17, 15) is 4.79 Å². The molecule has 0 saturated carbocycles. The van der Waals surface area contributed by atoms with Crippen LogP contribution in [0.5, 0.6) is 0 Å². The standard InChI is InChI=1S/C10H21NO3/c1-4-11(7-8-14-3)10(13)6-5-9(2)12/h9,12H,4-8H2,1-3H3. The lowest BCUT2D eigenvalue weighted by molar-refractivity contribution is -0.132. The van der Waals surface area contributed by atoms with Crippen LogP contribution in [0.4, 0.5) is 0 Å². The molecule has 0 aromatic carbocycles. The minimum atomic E-state index is -0.403. The van der Waals surface area contributed by atoms with Gasteiger partial charge in [0.25, 0.3) is 0 Å². The van der Waals surface area contributed by atoms with Crippen molar-refractivity contribution in [2.75, 3.05) is 26.8 Å². The Kier molecular flexibility index (Phi) is 7.42. The molecule has 0 fully saturated rings. The second-order valence-corrected chi connectivity index (χ2v) is 3.35. The largest absolute Gasteiger partial charge is 0.393 e. The van der Waals surface area contributed by atoms with Crippen LogP contribution >= 0.6 is 0 Å². The van der Waals surface area contributed by atoms with Crippen LogP contribution in [0.15, 0.2) is 0 Å². The smallest absolute Gasteiger partial charge is 0.222 e. The van der Waals surface area contributed by atoms with Crippen molar-refractivity contribution in [1.82, 2.24) is 4.90 Å². The molecule has 0 aliphatic heterocycles. The van der Waals surface area contributed by atoms with Gasteiger partial charge in [-0.3, -0.25) is 4.79 Å². The van der Waals surface area contributed by atoms with E-state index in [2.05, 4.69) is 0 Å². The number of aliphatic hydroxyl groups excluding tert-OH is 1. The summed E-state index contributed by atoms with van der Waals surface area (Å²) in [6.45, 7) is 5.52. The van der Waals surface area contributed by atoms with Gasteiger partial charge < -0.3 is 14.7 Å². The van der Waals surface area contributed by atoms with E-state index in [1.807, 2.05) is 6.92 Å². The summed E-state index contributed by atoms with van der Waals surface area (Å²) in [5.41, 5.74) is 0. The Labute approximate surface area is 85.9 Å². The molecule has 0 aliphatic carbocycles. The molecule has 0 saturated heterocycles. The Morgan fingerprint density at radius 3 is 2.64 bits per heavy atom. The van der Waals surface area contributed by atoms with Gasteiger partial charge in [0.1, 0.15) is 0 Å². The molecule has 0 heterocycles. The fourth-order valence-corrected chi connectivity index (χ4v) is 1.15. The number of amides is 1. The number of likely N-dealkylation sites (N-methyl/N-ethyl adjacent to an activating group) is 1. The molecule has 0 aliphatic rings. The van der Waals surface area contributed by atoms with Gasteiger partial charge in [0, 0.05) is 26.6 Å². The van der Waals surface area contributed by atoms with Crippen LogP contribution in [0, 0.1) is 0 Å². The Morgan fingerprint density at radius 2 is 2.21 bits per heavy atom. The van der Waals surface area contributed by atoms with Gasteiger partial charge in [-0.1, -0.05) is 0 Å². The Hall–Kier alpha value is -0.610. The van der Waals surface area contributed by atoms with Crippen LogP contribution in [-0.4, -0.2) is 48.8 Å².